The predicted octanol–water partition coefficient (Wildman–Crippen LogP) is 1.44. The van der Waals surface area contributed by atoms with Gasteiger partial charge in [-0.15, -0.1) is 11.3 Å². The lowest BCUT2D eigenvalue weighted by Gasteiger charge is -2.09. The van der Waals surface area contributed by atoms with E-state index in [0.717, 1.165) is 11.3 Å². The Morgan fingerprint density at radius 2 is 2.12 bits per heavy atom. The van der Waals surface area contributed by atoms with E-state index < -0.39 is 10.0 Å². The fraction of sp³-hybridized carbons (Fsp3) is 0.556. The van der Waals surface area contributed by atoms with Crippen LogP contribution in [-0.4, -0.2) is 34.5 Å². The topological polar surface area (TPSA) is 64.6 Å². The van der Waals surface area contributed by atoms with Crippen LogP contribution < -0.4 is 4.72 Å². The zero-order chi connectivity index (χ0) is 12.3. The fourth-order valence-electron chi connectivity index (χ4n) is 1.40. The summed E-state index contributed by atoms with van der Waals surface area (Å²) in [6.07, 6.45) is 0.197. The standard InChI is InChI=1S/C9H12ClNO4S2/c10-7-1-2-9(16-7)17(12,13)11-4-3-8-14-5-6-15-8/h1-2,8,11H,3-6H2. The van der Waals surface area contributed by atoms with Gasteiger partial charge in [-0.05, 0) is 12.1 Å². The van der Waals surface area contributed by atoms with Crippen molar-refractivity contribution in [2.24, 2.45) is 0 Å². The number of sulfonamides is 1. The van der Waals surface area contributed by atoms with E-state index in [1.807, 2.05) is 0 Å². The third kappa shape index (κ3) is 3.64. The predicted molar refractivity (Wildman–Crippen MR) is 64.8 cm³/mol. The minimum atomic E-state index is -3.46. The minimum absolute atomic E-state index is 0.218. The summed E-state index contributed by atoms with van der Waals surface area (Å²) in [7, 11) is -3.46. The van der Waals surface area contributed by atoms with Gasteiger partial charge in [0.2, 0.25) is 10.0 Å². The van der Waals surface area contributed by atoms with Gasteiger partial charge in [0.05, 0.1) is 17.6 Å². The van der Waals surface area contributed by atoms with Crippen LogP contribution in [0.15, 0.2) is 16.3 Å². The summed E-state index contributed by atoms with van der Waals surface area (Å²) in [6, 6.07) is 3.04. The quantitative estimate of drug-likeness (QED) is 0.893. The monoisotopic (exact) mass is 297 g/mol. The molecule has 5 nitrogen and oxygen atoms in total. The second-order valence-electron chi connectivity index (χ2n) is 3.42. The van der Waals surface area contributed by atoms with Gasteiger partial charge in [0.15, 0.2) is 6.29 Å². The summed E-state index contributed by atoms with van der Waals surface area (Å²) in [5, 5.41) is 0. The van der Waals surface area contributed by atoms with Crippen molar-refractivity contribution < 1.29 is 17.9 Å². The number of halogens is 1. The third-order valence-corrected chi connectivity index (χ3v) is 5.36. The fourth-order valence-corrected chi connectivity index (χ4v) is 3.97. The molecule has 0 aromatic carbocycles. The molecule has 2 heterocycles. The number of rotatable bonds is 5. The number of ether oxygens (including phenoxy) is 2. The highest BCUT2D eigenvalue weighted by molar-refractivity contribution is 7.91. The van der Waals surface area contributed by atoms with E-state index in [2.05, 4.69) is 4.72 Å². The molecule has 1 aromatic heterocycles. The first-order chi connectivity index (χ1) is 8.08. The SMILES string of the molecule is O=S(=O)(NCCC1OCCO1)c1ccc(Cl)s1. The summed E-state index contributed by atoms with van der Waals surface area (Å²) < 4.78 is 37.1. The molecule has 1 saturated heterocycles. The van der Waals surface area contributed by atoms with Crippen LogP contribution in [0.4, 0.5) is 0 Å². The maximum absolute atomic E-state index is 11.8. The molecule has 0 bridgehead atoms. The van der Waals surface area contributed by atoms with Gasteiger partial charge in [0.25, 0.3) is 0 Å². The van der Waals surface area contributed by atoms with Gasteiger partial charge in [-0.3, -0.25) is 0 Å². The summed E-state index contributed by atoms with van der Waals surface area (Å²) in [4.78, 5) is 0. The molecule has 1 aliphatic heterocycles. The molecule has 2 rings (SSSR count). The molecule has 96 valence electrons. The molecule has 0 atom stereocenters. The average Bonchev–Trinajstić information content (AvgIpc) is 2.89. The summed E-state index contributed by atoms with van der Waals surface area (Å²) >= 11 is 6.72. The Morgan fingerprint density at radius 1 is 1.41 bits per heavy atom. The Morgan fingerprint density at radius 3 is 2.71 bits per heavy atom. The van der Waals surface area contributed by atoms with Crippen molar-refractivity contribution in [2.75, 3.05) is 19.8 Å². The highest BCUT2D eigenvalue weighted by Gasteiger charge is 2.19. The molecule has 17 heavy (non-hydrogen) atoms. The number of hydrogen-bond donors (Lipinski definition) is 1. The molecule has 0 aliphatic carbocycles. The highest BCUT2D eigenvalue weighted by Crippen LogP contribution is 2.25. The first-order valence-electron chi connectivity index (χ1n) is 5.06. The molecule has 0 saturated carbocycles. The summed E-state index contributed by atoms with van der Waals surface area (Å²) in [5.74, 6) is 0. The molecule has 0 unspecified atom stereocenters. The van der Waals surface area contributed by atoms with Crippen molar-refractivity contribution in [3.05, 3.63) is 16.5 Å². The van der Waals surface area contributed by atoms with Crippen LogP contribution in [0.2, 0.25) is 4.34 Å². The molecule has 1 aromatic rings. The first kappa shape index (κ1) is 13.3. The number of thiophene rings is 1. The molecule has 0 radical (unpaired) electrons. The van der Waals surface area contributed by atoms with E-state index in [-0.39, 0.29) is 17.0 Å². The van der Waals surface area contributed by atoms with Gasteiger partial charge in [-0.1, -0.05) is 11.6 Å². The summed E-state index contributed by atoms with van der Waals surface area (Å²) in [5.41, 5.74) is 0. The second-order valence-corrected chi connectivity index (χ2v) is 7.13. The maximum Gasteiger partial charge on any atom is 0.250 e. The molecule has 0 amide bonds. The Labute approximate surface area is 109 Å². The smallest absolute Gasteiger partial charge is 0.250 e. The lowest BCUT2D eigenvalue weighted by atomic mass is 10.4. The highest BCUT2D eigenvalue weighted by atomic mass is 35.5. The van der Waals surface area contributed by atoms with E-state index >= 15 is 0 Å². The van der Waals surface area contributed by atoms with Gasteiger partial charge < -0.3 is 9.47 Å². The van der Waals surface area contributed by atoms with E-state index in [0.29, 0.717) is 24.0 Å². The van der Waals surface area contributed by atoms with Crippen LogP contribution in [0.5, 0.6) is 0 Å². The molecular weight excluding hydrogens is 286 g/mol. The van der Waals surface area contributed by atoms with Crippen LogP contribution in [0.1, 0.15) is 6.42 Å². The Bertz CT molecular complexity index is 467. The van der Waals surface area contributed by atoms with Crippen LogP contribution in [-0.2, 0) is 19.5 Å². The summed E-state index contributed by atoms with van der Waals surface area (Å²) in [6.45, 7) is 1.42. The van der Waals surface area contributed by atoms with Crippen LogP contribution in [0.3, 0.4) is 0 Å². The molecule has 1 aliphatic rings. The van der Waals surface area contributed by atoms with Gasteiger partial charge >= 0.3 is 0 Å². The third-order valence-electron chi connectivity index (χ3n) is 2.18. The van der Waals surface area contributed by atoms with Gasteiger partial charge in [-0.2, -0.15) is 0 Å². The molecular formula is C9H12ClNO4S2. The lowest BCUT2D eigenvalue weighted by Crippen LogP contribution is -2.27. The van der Waals surface area contributed by atoms with Crippen LogP contribution in [0.25, 0.3) is 0 Å². The van der Waals surface area contributed by atoms with Crippen molar-refractivity contribution in [1.82, 2.24) is 4.72 Å². The Kier molecular flexibility index (Phi) is 4.40. The largest absolute Gasteiger partial charge is 0.350 e. The van der Waals surface area contributed by atoms with Crippen molar-refractivity contribution >= 4 is 33.0 Å². The Balaban J connectivity index is 1.85. The van der Waals surface area contributed by atoms with Crippen LogP contribution in [0, 0.1) is 0 Å². The minimum Gasteiger partial charge on any atom is -0.350 e. The molecule has 1 fully saturated rings. The molecule has 1 N–H and O–H groups in total. The van der Waals surface area contributed by atoms with E-state index in [1.165, 1.54) is 6.07 Å². The van der Waals surface area contributed by atoms with Crippen LogP contribution >= 0.6 is 22.9 Å². The Hall–Kier alpha value is -0.180. The van der Waals surface area contributed by atoms with E-state index in [9.17, 15) is 8.42 Å². The van der Waals surface area contributed by atoms with Crippen molar-refractivity contribution in [1.29, 1.82) is 0 Å². The zero-order valence-electron chi connectivity index (χ0n) is 8.89. The zero-order valence-corrected chi connectivity index (χ0v) is 11.3. The second kappa shape index (κ2) is 5.64. The normalized spacial score (nSPS) is 17.7. The van der Waals surface area contributed by atoms with Crippen molar-refractivity contribution in [3.8, 4) is 0 Å². The van der Waals surface area contributed by atoms with Gasteiger partial charge in [-0.25, -0.2) is 13.1 Å². The average molecular weight is 298 g/mol. The molecule has 0 spiro atoms. The van der Waals surface area contributed by atoms with Gasteiger partial charge in [0, 0.05) is 13.0 Å². The van der Waals surface area contributed by atoms with Gasteiger partial charge in [0.1, 0.15) is 4.21 Å². The van der Waals surface area contributed by atoms with E-state index in [4.69, 9.17) is 21.1 Å². The van der Waals surface area contributed by atoms with E-state index in [1.54, 1.807) is 6.07 Å². The first-order valence-corrected chi connectivity index (χ1v) is 7.74. The maximum atomic E-state index is 11.8. The van der Waals surface area contributed by atoms with Crippen molar-refractivity contribution in [3.63, 3.8) is 0 Å². The number of hydrogen-bond acceptors (Lipinski definition) is 5. The lowest BCUT2D eigenvalue weighted by molar-refractivity contribution is -0.0451. The molecule has 8 heteroatoms. The van der Waals surface area contributed by atoms with Crippen molar-refractivity contribution in [2.45, 2.75) is 16.9 Å². The number of nitrogens with one attached hydrogen (secondary N) is 1.